The molecule has 0 aromatic heterocycles. The molecule has 3 heteroatoms. The molecule has 0 spiro atoms. The fourth-order valence-corrected chi connectivity index (χ4v) is 2.46. The molecule has 1 saturated carbocycles. The minimum atomic E-state index is 0.163. The fourth-order valence-electron chi connectivity index (χ4n) is 2.46. The molecule has 0 amide bonds. The average Bonchev–Trinajstić information content (AvgIpc) is 2.67. The van der Waals surface area contributed by atoms with Gasteiger partial charge in [-0.3, -0.25) is 0 Å². The van der Waals surface area contributed by atoms with Crippen LogP contribution in [0, 0.1) is 11.3 Å². The molecule has 2 N–H and O–H groups in total. The van der Waals surface area contributed by atoms with Crippen molar-refractivity contribution >= 4 is 11.4 Å². The number of hydrogen-bond acceptors (Lipinski definition) is 3. The molecule has 0 aromatic rings. The second-order valence-corrected chi connectivity index (χ2v) is 6.18. The van der Waals surface area contributed by atoms with Crippen LogP contribution >= 0.6 is 0 Å². The van der Waals surface area contributed by atoms with E-state index in [0.29, 0.717) is 12.0 Å². The van der Waals surface area contributed by atoms with E-state index in [1.54, 1.807) is 0 Å². The lowest BCUT2D eigenvalue weighted by atomic mass is 9.79. The van der Waals surface area contributed by atoms with Gasteiger partial charge in [0.15, 0.2) is 0 Å². The normalized spacial score (nSPS) is 31.2. The summed E-state index contributed by atoms with van der Waals surface area (Å²) < 4.78 is 0. The molecule has 90 valence electrons. The zero-order valence-corrected chi connectivity index (χ0v) is 10.7. The molecular weight excluding hydrogens is 198 g/mol. The van der Waals surface area contributed by atoms with Gasteiger partial charge in [-0.15, -0.1) is 0 Å². The molecule has 3 nitrogen and oxygen atoms in total. The van der Waals surface area contributed by atoms with Gasteiger partial charge in [0.1, 0.15) is 0 Å². The molecule has 1 fully saturated rings. The van der Waals surface area contributed by atoms with Crippen molar-refractivity contribution in [3.05, 3.63) is 0 Å². The van der Waals surface area contributed by atoms with Gasteiger partial charge in [-0.2, -0.15) is 10.2 Å². The van der Waals surface area contributed by atoms with Crippen LogP contribution in [0.3, 0.4) is 0 Å². The quantitative estimate of drug-likeness (QED) is 0.727. The maximum atomic E-state index is 5.92. The van der Waals surface area contributed by atoms with Gasteiger partial charge in [0.05, 0.1) is 5.71 Å². The first-order chi connectivity index (χ1) is 7.47. The third-order valence-corrected chi connectivity index (χ3v) is 3.76. The predicted molar refractivity (Wildman–Crippen MR) is 68.9 cm³/mol. The van der Waals surface area contributed by atoms with Crippen molar-refractivity contribution in [3.63, 3.8) is 0 Å². The van der Waals surface area contributed by atoms with Crippen molar-refractivity contribution < 1.29 is 0 Å². The lowest BCUT2D eigenvalue weighted by Crippen LogP contribution is -2.30. The highest BCUT2D eigenvalue weighted by molar-refractivity contribution is 6.10. The monoisotopic (exact) mass is 221 g/mol. The van der Waals surface area contributed by atoms with Crippen molar-refractivity contribution in [2.75, 3.05) is 0 Å². The first kappa shape index (κ1) is 11.8. The lowest BCUT2D eigenvalue weighted by Gasteiger charge is -2.26. The summed E-state index contributed by atoms with van der Waals surface area (Å²) in [6, 6.07) is 0.418. The Kier molecular flexibility index (Phi) is 3.15. The zero-order valence-electron chi connectivity index (χ0n) is 10.7. The highest BCUT2D eigenvalue weighted by atomic mass is 15.2. The van der Waals surface area contributed by atoms with E-state index in [1.807, 2.05) is 0 Å². The Morgan fingerprint density at radius 2 is 1.69 bits per heavy atom. The molecule has 1 heterocycles. The molecule has 0 unspecified atom stereocenters. The Morgan fingerprint density at radius 1 is 1.06 bits per heavy atom. The van der Waals surface area contributed by atoms with Gasteiger partial charge in [0.2, 0.25) is 0 Å². The molecule has 2 aliphatic rings. The number of nitrogens with two attached hydrogens (primary N) is 1. The van der Waals surface area contributed by atoms with Crippen LogP contribution < -0.4 is 5.73 Å². The molecular formula is C13H23N3. The summed E-state index contributed by atoms with van der Waals surface area (Å²) >= 11 is 0. The summed E-state index contributed by atoms with van der Waals surface area (Å²) in [5.41, 5.74) is 8.62. The highest BCUT2D eigenvalue weighted by Gasteiger charge is 2.30. The highest BCUT2D eigenvalue weighted by Crippen LogP contribution is 2.30. The summed E-state index contributed by atoms with van der Waals surface area (Å²) in [7, 11) is 0. The summed E-state index contributed by atoms with van der Waals surface area (Å²) in [4.78, 5) is 0. The first-order valence-corrected chi connectivity index (χ1v) is 6.36. The van der Waals surface area contributed by atoms with Crippen LogP contribution in [0.5, 0.6) is 0 Å². The van der Waals surface area contributed by atoms with Crippen LogP contribution in [0.15, 0.2) is 10.2 Å². The van der Waals surface area contributed by atoms with Crippen LogP contribution in [0.2, 0.25) is 0 Å². The number of rotatable bonds is 1. The molecule has 0 bridgehead atoms. The minimum absolute atomic E-state index is 0.163. The van der Waals surface area contributed by atoms with Gasteiger partial charge in [-0.05, 0) is 31.6 Å². The number of nitrogens with zero attached hydrogens (tertiary/aromatic N) is 2. The Labute approximate surface area is 98.2 Å². The predicted octanol–water partition coefficient (Wildman–Crippen LogP) is 2.75. The van der Waals surface area contributed by atoms with Gasteiger partial charge >= 0.3 is 0 Å². The Morgan fingerprint density at radius 3 is 2.19 bits per heavy atom. The van der Waals surface area contributed by atoms with E-state index in [4.69, 9.17) is 5.73 Å². The van der Waals surface area contributed by atoms with Gasteiger partial charge < -0.3 is 5.73 Å². The van der Waals surface area contributed by atoms with Crippen molar-refractivity contribution in [1.82, 2.24) is 0 Å². The minimum Gasteiger partial charge on any atom is -0.328 e. The largest absolute Gasteiger partial charge is 0.328 e. The van der Waals surface area contributed by atoms with E-state index in [0.717, 1.165) is 19.3 Å². The molecule has 16 heavy (non-hydrogen) atoms. The van der Waals surface area contributed by atoms with E-state index in [9.17, 15) is 0 Å². The SMILES string of the molecule is CC(C)(C)C1=NN=C([C@H]2CC[C@H](N)CC2)C1. The zero-order chi connectivity index (χ0) is 11.8. The lowest BCUT2D eigenvalue weighted by molar-refractivity contribution is 0.390. The molecule has 0 radical (unpaired) electrons. The summed E-state index contributed by atoms with van der Waals surface area (Å²) in [6.45, 7) is 6.63. The first-order valence-electron chi connectivity index (χ1n) is 6.36. The Balaban J connectivity index is 1.91. The molecule has 2 rings (SSSR count). The van der Waals surface area contributed by atoms with Crippen LogP contribution in [0.4, 0.5) is 0 Å². The third kappa shape index (κ3) is 2.51. The smallest absolute Gasteiger partial charge is 0.0516 e. The summed E-state index contributed by atoms with van der Waals surface area (Å²) in [6.07, 6.45) is 5.69. The van der Waals surface area contributed by atoms with Crippen molar-refractivity contribution in [2.45, 2.75) is 58.9 Å². The standard InChI is InChI=1S/C13H23N3/c1-13(2,3)12-8-11(15-16-12)9-4-6-10(14)7-5-9/h9-10H,4-8,14H2,1-3H3/t9-,10-. The van der Waals surface area contributed by atoms with Gasteiger partial charge in [-0.1, -0.05) is 20.8 Å². The van der Waals surface area contributed by atoms with Gasteiger partial charge in [-0.25, -0.2) is 0 Å². The topological polar surface area (TPSA) is 50.7 Å². The summed E-state index contributed by atoms with van der Waals surface area (Å²) in [5.74, 6) is 0.642. The average molecular weight is 221 g/mol. The van der Waals surface area contributed by atoms with Crippen molar-refractivity contribution in [1.29, 1.82) is 0 Å². The Bertz CT molecular complexity index is 315. The van der Waals surface area contributed by atoms with E-state index >= 15 is 0 Å². The van der Waals surface area contributed by atoms with E-state index in [-0.39, 0.29) is 5.41 Å². The molecule has 0 saturated heterocycles. The van der Waals surface area contributed by atoms with Crippen LogP contribution in [-0.2, 0) is 0 Å². The number of hydrogen-bond donors (Lipinski definition) is 1. The fraction of sp³-hybridized carbons (Fsp3) is 0.846. The third-order valence-electron chi connectivity index (χ3n) is 3.76. The van der Waals surface area contributed by atoms with E-state index < -0.39 is 0 Å². The van der Waals surface area contributed by atoms with E-state index in [2.05, 4.69) is 31.0 Å². The molecule has 0 aromatic carbocycles. The van der Waals surface area contributed by atoms with Crippen LogP contribution in [0.25, 0.3) is 0 Å². The molecule has 0 atom stereocenters. The molecule has 1 aliphatic heterocycles. The maximum absolute atomic E-state index is 5.92. The van der Waals surface area contributed by atoms with Gasteiger partial charge in [0.25, 0.3) is 0 Å². The van der Waals surface area contributed by atoms with Crippen molar-refractivity contribution in [3.8, 4) is 0 Å². The second-order valence-electron chi connectivity index (χ2n) is 6.18. The summed E-state index contributed by atoms with van der Waals surface area (Å²) in [5, 5.41) is 8.75. The second kappa shape index (κ2) is 4.28. The maximum Gasteiger partial charge on any atom is 0.0516 e. The van der Waals surface area contributed by atoms with Crippen molar-refractivity contribution in [2.24, 2.45) is 27.3 Å². The van der Waals surface area contributed by atoms with Crippen LogP contribution in [-0.4, -0.2) is 17.5 Å². The molecule has 1 aliphatic carbocycles. The van der Waals surface area contributed by atoms with Gasteiger partial charge in [0, 0.05) is 23.6 Å². The van der Waals surface area contributed by atoms with Crippen LogP contribution in [0.1, 0.15) is 52.9 Å². The van der Waals surface area contributed by atoms with E-state index in [1.165, 1.54) is 24.3 Å². The Hall–Kier alpha value is -0.700.